The Hall–Kier alpha value is -2.62. The molecule has 0 saturated heterocycles. The average Bonchev–Trinajstić information content (AvgIpc) is 2.49. The maximum atomic E-state index is 4.43. The lowest BCUT2D eigenvalue weighted by atomic mass is 10.1. The zero-order valence-corrected chi connectivity index (χ0v) is 11.5. The van der Waals surface area contributed by atoms with Crippen LogP contribution in [0.2, 0.25) is 0 Å². The third-order valence-electron chi connectivity index (χ3n) is 3.21. The van der Waals surface area contributed by atoms with E-state index in [1.54, 1.807) is 0 Å². The molecule has 1 aromatic heterocycles. The standard InChI is InChI=1S/C16H16N4/c1-11-10-18-16(17-2)20-15(11)19-14-8-7-12-5-3-4-6-13(12)9-14/h3-10H,1-2H3,(H2,17,18,19,20). The Balaban J connectivity index is 1.96. The lowest BCUT2D eigenvalue weighted by molar-refractivity contribution is 1.12. The summed E-state index contributed by atoms with van der Waals surface area (Å²) < 4.78 is 0. The van der Waals surface area contributed by atoms with Gasteiger partial charge in [0, 0.05) is 24.5 Å². The number of hydrogen-bond acceptors (Lipinski definition) is 4. The van der Waals surface area contributed by atoms with Crippen molar-refractivity contribution in [1.82, 2.24) is 9.97 Å². The highest BCUT2D eigenvalue weighted by Crippen LogP contribution is 2.23. The van der Waals surface area contributed by atoms with Gasteiger partial charge in [-0.3, -0.25) is 0 Å². The van der Waals surface area contributed by atoms with Crippen molar-refractivity contribution >= 4 is 28.2 Å². The largest absolute Gasteiger partial charge is 0.357 e. The van der Waals surface area contributed by atoms with E-state index < -0.39 is 0 Å². The van der Waals surface area contributed by atoms with Gasteiger partial charge in [-0.1, -0.05) is 30.3 Å². The summed E-state index contributed by atoms with van der Waals surface area (Å²) in [5, 5.41) is 8.73. The van der Waals surface area contributed by atoms with Gasteiger partial charge in [-0.15, -0.1) is 0 Å². The topological polar surface area (TPSA) is 49.8 Å². The van der Waals surface area contributed by atoms with Crippen molar-refractivity contribution in [3.05, 3.63) is 54.2 Å². The summed E-state index contributed by atoms with van der Waals surface area (Å²) in [5.74, 6) is 1.43. The second kappa shape index (κ2) is 5.17. The van der Waals surface area contributed by atoms with Crippen molar-refractivity contribution in [3.8, 4) is 0 Å². The molecule has 0 aliphatic carbocycles. The number of hydrogen-bond donors (Lipinski definition) is 2. The highest BCUT2D eigenvalue weighted by molar-refractivity contribution is 5.86. The van der Waals surface area contributed by atoms with Crippen LogP contribution in [0.15, 0.2) is 48.7 Å². The van der Waals surface area contributed by atoms with Crippen molar-refractivity contribution in [1.29, 1.82) is 0 Å². The predicted molar refractivity (Wildman–Crippen MR) is 83.5 cm³/mol. The van der Waals surface area contributed by atoms with E-state index in [0.717, 1.165) is 17.1 Å². The van der Waals surface area contributed by atoms with Crippen LogP contribution >= 0.6 is 0 Å². The molecule has 4 nitrogen and oxygen atoms in total. The summed E-state index contributed by atoms with van der Waals surface area (Å²) in [5.41, 5.74) is 2.03. The van der Waals surface area contributed by atoms with Crippen LogP contribution in [0.4, 0.5) is 17.5 Å². The number of nitrogens with one attached hydrogen (secondary N) is 2. The van der Waals surface area contributed by atoms with Gasteiger partial charge in [0.1, 0.15) is 5.82 Å². The van der Waals surface area contributed by atoms with E-state index >= 15 is 0 Å². The van der Waals surface area contributed by atoms with Crippen LogP contribution in [0.1, 0.15) is 5.56 Å². The molecule has 0 fully saturated rings. The molecule has 4 heteroatoms. The monoisotopic (exact) mass is 264 g/mol. The summed E-state index contributed by atoms with van der Waals surface area (Å²) >= 11 is 0. The van der Waals surface area contributed by atoms with Crippen LogP contribution in [0.5, 0.6) is 0 Å². The average molecular weight is 264 g/mol. The summed E-state index contributed by atoms with van der Waals surface area (Å²) in [7, 11) is 1.81. The van der Waals surface area contributed by atoms with Crippen LogP contribution in [0.25, 0.3) is 10.8 Å². The Morgan fingerprint density at radius 2 is 1.80 bits per heavy atom. The second-order valence-corrected chi connectivity index (χ2v) is 4.66. The Morgan fingerprint density at radius 3 is 2.60 bits per heavy atom. The first-order valence-electron chi connectivity index (χ1n) is 6.53. The third-order valence-corrected chi connectivity index (χ3v) is 3.21. The van der Waals surface area contributed by atoms with Crippen LogP contribution in [-0.4, -0.2) is 17.0 Å². The van der Waals surface area contributed by atoms with Gasteiger partial charge in [0.15, 0.2) is 0 Å². The first-order chi connectivity index (χ1) is 9.76. The number of fused-ring (bicyclic) bond motifs is 1. The minimum atomic E-state index is 0.610. The van der Waals surface area contributed by atoms with Crippen molar-refractivity contribution < 1.29 is 0 Å². The minimum absolute atomic E-state index is 0.610. The summed E-state index contributed by atoms with van der Waals surface area (Å²) in [6, 6.07) is 14.6. The molecule has 100 valence electrons. The molecule has 2 N–H and O–H groups in total. The highest BCUT2D eigenvalue weighted by Gasteiger charge is 2.04. The van der Waals surface area contributed by atoms with Gasteiger partial charge in [0.2, 0.25) is 5.95 Å². The molecule has 0 bridgehead atoms. The number of aromatic nitrogens is 2. The van der Waals surface area contributed by atoms with Gasteiger partial charge in [0.05, 0.1) is 0 Å². The normalized spacial score (nSPS) is 10.5. The molecule has 0 saturated carbocycles. The molecule has 3 rings (SSSR count). The Kier molecular flexibility index (Phi) is 3.21. The fourth-order valence-corrected chi connectivity index (χ4v) is 2.09. The number of aryl methyl sites for hydroxylation is 1. The molecule has 1 heterocycles. The van der Waals surface area contributed by atoms with Crippen molar-refractivity contribution in [3.63, 3.8) is 0 Å². The number of benzene rings is 2. The zero-order chi connectivity index (χ0) is 13.9. The first-order valence-corrected chi connectivity index (χ1v) is 6.53. The Labute approximate surface area is 117 Å². The van der Waals surface area contributed by atoms with E-state index in [0.29, 0.717) is 5.95 Å². The highest BCUT2D eigenvalue weighted by atomic mass is 15.1. The fourth-order valence-electron chi connectivity index (χ4n) is 2.09. The molecule has 3 aromatic rings. The van der Waals surface area contributed by atoms with Crippen LogP contribution in [0, 0.1) is 6.92 Å². The summed E-state index contributed by atoms with van der Waals surface area (Å²) in [6.45, 7) is 1.99. The smallest absolute Gasteiger partial charge is 0.224 e. The molecular weight excluding hydrogens is 248 g/mol. The maximum absolute atomic E-state index is 4.43. The third kappa shape index (κ3) is 2.40. The van der Waals surface area contributed by atoms with Gasteiger partial charge in [-0.2, -0.15) is 4.98 Å². The van der Waals surface area contributed by atoms with E-state index in [1.165, 1.54) is 10.8 Å². The van der Waals surface area contributed by atoms with Gasteiger partial charge in [-0.25, -0.2) is 4.98 Å². The van der Waals surface area contributed by atoms with Gasteiger partial charge >= 0.3 is 0 Å². The molecule has 20 heavy (non-hydrogen) atoms. The maximum Gasteiger partial charge on any atom is 0.224 e. The lowest BCUT2D eigenvalue weighted by Gasteiger charge is -2.10. The van der Waals surface area contributed by atoms with Crippen LogP contribution in [0.3, 0.4) is 0 Å². The molecule has 0 radical (unpaired) electrons. The first kappa shape index (κ1) is 12.4. The van der Waals surface area contributed by atoms with Gasteiger partial charge in [-0.05, 0) is 29.8 Å². The van der Waals surface area contributed by atoms with Crippen LogP contribution in [-0.2, 0) is 0 Å². The SMILES string of the molecule is CNc1ncc(C)c(Nc2ccc3ccccc3c2)n1. The summed E-state index contributed by atoms with van der Waals surface area (Å²) in [4.78, 5) is 8.62. The molecule has 0 aliphatic heterocycles. The van der Waals surface area contributed by atoms with E-state index in [9.17, 15) is 0 Å². The molecule has 0 unspecified atom stereocenters. The Bertz CT molecular complexity index is 752. The van der Waals surface area contributed by atoms with Crippen molar-refractivity contribution in [2.24, 2.45) is 0 Å². The predicted octanol–water partition coefficient (Wildman–Crippen LogP) is 3.72. The molecule has 0 spiro atoms. The van der Waals surface area contributed by atoms with Crippen LogP contribution < -0.4 is 10.6 Å². The number of anilines is 3. The lowest BCUT2D eigenvalue weighted by Crippen LogP contribution is -2.02. The van der Waals surface area contributed by atoms with Gasteiger partial charge < -0.3 is 10.6 Å². The molecule has 0 atom stereocenters. The summed E-state index contributed by atoms with van der Waals surface area (Å²) in [6.07, 6.45) is 1.81. The van der Waals surface area contributed by atoms with E-state index in [2.05, 4.69) is 50.9 Å². The number of nitrogens with zero attached hydrogens (tertiary/aromatic N) is 2. The quantitative estimate of drug-likeness (QED) is 0.757. The molecule has 0 amide bonds. The van der Waals surface area contributed by atoms with Crippen molar-refractivity contribution in [2.75, 3.05) is 17.7 Å². The molecule has 0 aliphatic rings. The second-order valence-electron chi connectivity index (χ2n) is 4.66. The minimum Gasteiger partial charge on any atom is -0.357 e. The van der Waals surface area contributed by atoms with E-state index in [4.69, 9.17) is 0 Å². The van der Waals surface area contributed by atoms with Gasteiger partial charge in [0.25, 0.3) is 0 Å². The van der Waals surface area contributed by atoms with Crippen molar-refractivity contribution in [2.45, 2.75) is 6.92 Å². The zero-order valence-electron chi connectivity index (χ0n) is 11.5. The molecule has 2 aromatic carbocycles. The Morgan fingerprint density at radius 1 is 1.00 bits per heavy atom. The fraction of sp³-hybridized carbons (Fsp3) is 0.125. The number of rotatable bonds is 3. The molecular formula is C16H16N4. The van der Waals surface area contributed by atoms with E-state index in [1.807, 2.05) is 32.3 Å². The van der Waals surface area contributed by atoms with E-state index in [-0.39, 0.29) is 0 Å².